The maximum absolute atomic E-state index is 10.8. The van der Waals surface area contributed by atoms with Gasteiger partial charge in [-0.3, -0.25) is 0 Å². The Morgan fingerprint density at radius 3 is 2.75 bits per heavy atom. The topological polar surface area (TPSA) is 55.1 Å². The van der Waals surface area contributed by atoms with Crippen LogP contribution in [0.3, 0.4) is 0 Å². The first kappa shape index (κ1) is 10.9. The highest BCUT2D eigenvalue weighted by Crippen LogP contribution is 2.20. The molecule has 1 aromatic carbocycles. The van der Waals surface area contributed by atoms with Gasteiger partial charge in [-0.1, -0.05) is 0 Å². The molecule has 0 saturated heterocycles. The molecule has 0 spiro atoms. The van der Waals surface area contributed by atoms with Crippen LogP contribution in [-0.4, -0.2) is 20.9 Å². The van der Waals surface area contributed by atoms with Gasteiger partial charge in [0.2, 0.25) is 0 Å². The van der Waals surface area contributed by atoms with Crippen molar-refractivity contribution in [2.45, 2.75) is 6.92 Å². The molecule has 1 aromatic heterocycles. The highest BCUT2D eigenvalue weighted by Gasteiger charge is 2.09. The van der Waals surface area contributed by atoms with Crippen LogP contribution in [-0.2, 0) is 0 Å². The fourth-order valence-electron chi connectivity index (χ4n) is 1.37. The van der Waals surface area contributed by atoms with Gasteiger partial charge in [0, 0.05) is 10.7 Å². The molecule has 0 atom stereocenters. The van der Waals surface area contributed by atoms with Gasteiger partial charge in [-0.05, 0) is 46.6 Å². The number of halogens is 1. The van der Waals surface area contributed by atoms with Gasteiger partial charge in [0.05, 0.1) is 17.4 Å². The normalized spacial score (nSPS) is 10.4. The zero-order chi connectivity index (χ0) is 11.7. The minimum absolute atomic E-state index is 0.243. The van der Waals surface area contributed by atoms with E-state index in [1.165, 1.54) is 0 Å². The van der Waals surface area contributed by atoms with Crippen LogP contribution < -0.4 is 0 Å². The Bertz CT molecular complexity index is 549. The number of aromatic carboxylic acids is 1. The van der Waals surface area contributed by atoms with Crippen LogP contribution in [0.15, 0.2) is 35.1 Å². The van der Waals surface area contributed by atoms with Crippen LogP contribution in [0.4, 0.5) is 0 Å². The van der Waals surface area contributed by atoms with Crippen LogP contribution in [0.2, 0.25) is 0 Å². The molecule has 1 heterocycles. The van der Waals surface area contributed by atoms with E-state index in [0.717, 1.165) is 11.3 Å². The molecule has 0 bridgehead atoms. The van der Waals surface area contributed by atoms with Crippen LogP contribution in [0.25, 0.3) is 5.69 Å². The van der Waals surface area contributed by atoms with Crippen LogP contribution >= 0.6 is 15.9 Å². The molecule has 0 aliphatic rings. The number of carbonyl (C=O) groups is 1. The van der Waals surface area contributed by atoms with Gasteiger partial charge in [0.25, 0.3) is 0 Å². The number of nitrogens with zero attached hydrogens (tertiary/aromatic N) is 2. The Balaban J connectivity index is 2.45. The second-order valence-corrected chi connectivity index (χ2v) is 4.29. The third-order valence-corrected chi connectivity index (χ3v) is 2.82. The number of carboxylic acids is 1. The number of hydrogen-bond donors (Lipinski definition) is 1. The van der Waals surface area contributed by atoms with Crippen molar-refractivity contribution in [1.82, 2.24) is 9.78 Å². The molecule has 0 saturated carbocycles. The first-order valence-corrected chi connectivity index (χ1v) is 5.42. The largest absolute Gasteiger partial charge is 0.478 e. The summed E-state index contributed by atoms with van der Waals surface area (Å²) in [7, 11) is 0. The van der Waals surface area contributed by atoms with Crippen LogP contribution in [0, 0.1) is 6.92 Å². The minimum atomic E-state index is -0.949. The summed E-state index contributed by atoms with van der Waals surface area (Å²) in [6.07, 6.45) is 3.63. The Labute approximate surface area is 101 Å². The summed E-state index contributed by atoms with van der Waals surface area (Å²) < 4.78 is 2.25. The summed E-state index contributed by atoms with van der Waals surface area (Å²) in [4.78, 5) is 10.8. The van der Waals surface area contributed by atoms with Gasteiger partial charge in [-0.2, -0.15) is 5.10 Å². The molecule has 4 nitrogen and oxygen atoms in total. The number of carboxylic acid groups (broad SMARTS) is 1. The predicted octanol–water partition coefficient (Wildman–Crippen LogP) is 2.64. The van der Waals surface area contributed by atoms with Gasteiger partial charge in [0.15, 0.2) is 0 Å². The highest BCUT2D eigenvalue weighted by atomic mass is 79.9. The van der Waals surface area contributed by atoms with E-state index in [9.17, 15) is 4.79 Å². The lowest BCUT2D eigenvalue weighted by Gasteiger charge is -2.04. The van der Waals surface area contributed by atoms with Crippen molar-refractivity contribution in [2.75, 3.05) is 0 Å². The molecule has 2 aromatic rings. The highest BCUT2D eigenvalue weighted by molar-refractivity contribution is 9.10. The first-order chi connectivity index (χ1) is 7.58. The Morgan fingerprint density at radius 2 is 2.25 bits per heavy atom. The molecule has 0 amide bonds. The summed E-state index contributed by atoms with van der Waals surface area (Å²) in [5.41, 5.74) is 2.12. The maximum atomic E-state index is 10.8. The van der Waals surface area contributed by atoms with Gasteiger partial charge in [-0.15, -0.1) is 0 Å². The molecular formula is C11H9BrN2O2. The van der Waals surface area contributed by atoms with E-state index in [1.807, 2.05) is 13.1 Å². The molecule has 0 aliphatic heterocycles. The van der Waals surface area contributed by atoms with E-state index in [0.29, 0.717) is 4.47 Å². The number of aryl methyl sites for hydroxylation is 1. The van der Waals surface area contributed by atoms with Crippen molar-refractivity contribution in [3.63, 3.8) is 0 Å². The third-order valence-electron chi connectivity index (χ3n) is 2.16. The number of rotatable bonds is 2. The Hall–Kier alpha value is -1.62. The fraction of sp³-hybridized carbons (Fsp3) is 0.0909. The Morgan fingerprint density at radius 1 is 1.50 bits per heavy atom. The molecule has 0 aliphatic carbocycles. The van der Waals surface area contributed by atoms with Gasteiger partial charge in [0.1, 0.15) is 0 Å². The fourth-order valence-corrected chi connectivity index (χ4v) is 1.91. The predicted molar refractivity (Wildman–Crippen MR) is 63.0 cm³/mol. The number of aromatic nitrogens is 2. The van der Waals surface area contributed by atoms with Gasteiger partial charge < -0.3 is 5.11 Å². The smallest absolute Gasteiger partial charge is 0.336 e. The zero-order valence-corrected chi connectivity index (χ0v) is 10.1. The summed E-state index contributed by atoms with van der Waals surface area (Å²) >= 11 is 3.23. The second-order valence-electron chi connectivity index (χ2n) is 3.43. The first-order valence-electron chi connectivity index (χ1n) is 4.62. The van der Waals surface area contributed by atoms with E-state index in [-0.39, 0.29) is 5.56 Å². The lowest BCUT2D eigenvalue weighted by atomic mass is 10.2. The van der Waals surface area contributed by atoms with Gasteiger partial charge >= 0.3 is 5.97 Å². The average Bonchev–Trinajstić information content (AvgIpc) is 2.64. The molecule has 1 N–H and O–H groups in total. The van der Waals surface area contributed by atoms with Crippen molar-refractivity contribution in [2.24, 2.45) is 0 Å². The number of benzene rings is 1. The third kappa shape index (κ3) is 1.99. The van der Waals surface area contributed by atoms with Crippen molar-refractivity contribution in [3.05, 3.63) is 46.2 Å². The van der Waals surface area contributed by atoms with E-state index >= 15 is 0 Å². The summed E-state index contributed by atoms with van der Waals surface area (Å²) in [6, 6.07) is 5.01. The molecule has 2 rings (SSSR count). The van der Waals surface area contributed by atoms with Gasteiger partial charge in [-0.25, -0.2) is 9.48 Å². The van der Waals surface area contributed by atoms with E-state index in [1.54, 1.807) is 29.1 Å². The van der Waals surface area contributed by atoms with Crippen molar-refractivity contribution in [3.8, 4) is 5.69 Å². The van der Waals surface area contributed by atoms with E-state index < -0.39 is 5.97 Å². The van der Waals surface area contributed by atoms with Crippen LogP contribution in [0.1, 0.15) is 15.9 Å². The van der Waals surface area contributed by atoms with Crippen molar-refractivity contribution >= 4 is 21.9 Å². The molecule has 0 radical (unpaired) electrons. The standard InChI is InChI=1S/C11H9BrN2O2/c1-7-5-13-14(6-7)8-2-3-9(11(15)16)10(12)4-8/h2-6H,1H3,(H,15,16). The lowest BCUT2D eigenvalue weighted by Crippen LogP contribution is -2.00. The van der Waals surface area contributed by atoms with E-state index in [4.69, 9.17) is 5.11 Å². The summed E-state index contributed by atoms with van der Waals surface area (Å²) in [5, 5.41) is 13.0. The van der Waals surface area contributed by atoms with Crippen molar-refractivity contribution < 1.29 is 9.90 Å². The Kier molecular flexibility index (Phi) is 2.78. The molecular weight excluding hydrogens is 272 g/mol. The quantitative estimate of drug-likeness (QED) is 0.920. The SMILES string of the molecule is Cc1cnn(-c2ccc(C(=O)O)c(Br)c2)c1. The minimum Gasteiger partial charge on any atom is -0.478 e. The molecule has 5 heteroatoms. The zero-order valence-electron chi connectivity index (χ0n) is 8.51. The molecule has 0 unspecified atom stereocenters. The molecule has 0 fully saturated rings. The monoisotopic (exact) mass is 280 g/mol. The summed E-state index contributed by atoms with van der Waals surface area (Å²) in [5.74, 6) is -0.949. The molecule has 16 heavy (non-hydrogen) atoms. The second kappa shape index (κ2) is 4.09. The van der Waals surface area contributed by atoms with Crippen LogP contribution in [0.5, 0.6) is 0 Å². The maximum Gasteiger partial charge on any atom is 0.336 e. The summed E-state index contributed by atoms with van der Waals surface area (Å²) in [6.45, 7) is 1.95. The molecule has 82 valence electrons. The average molecular weight is 281 g/mol. The lowest BCUT2D eigenvalue weighted by molar-refractivity contribution is 0.0696. The number of hydrogen-bond acceptors (Lipinski definition) is 2. The van der Waals surface area contributed by atoms with E-state index in [2.05, 4.69) is 21.0 Å². The van der Waals surface area contributed by atoms with Crippen molar-refractivity contribution in [1.29, 1.82) is 0 Å².